The third kappa shape index (κ3) is 1.54. The number of alkyl halides is 2. The number of H-pyrrole nitrogens is 1. The molecule has 1 spiro atoms. The van der Waals surface area contributed by atoms with Crippen molar-refractivity contribution < 1.29 is 23.7 Å². The maximum atomic E-state index is 13.7. The lowest BCUT2D eigenvalue weighted by atomic mass is 9.95. The van der Waals surface area contributed by atoms with Crippen LogP contribution in [-0.2, 0) is 4.74 Å². The van der Waals surface area contributed by atoms with E-state index < -0.39 is 54.1 Å². The summed E-state index contributed by atoms with van der Waals surface area (Å²) in [5.41, 5.74) is -3.52. The van der Waals surface area contributed by atoms with Crippen molar-refractivity contribution in [1.82, 2.24) is 9.55 Å². The van der Waals surface area contributed by atoms with Crippen molar-refractivity contribution in [2.45, 2.75) is 30.8 Å². The van der Waals surface area contributed by atoms with Crippen molar-refractivity contribution in [2.75, 3.05) is 6.61 Å². The van der Waals surface area contributed by atoms with Gasteiger partial charge < -0.3 is 14.9 Å². The maximum absolute atomic E-state index is 13.7. The Labute approximate surface area is 110 Å². The quantitative estimate of drug-likeness (QED) is 0.635. The molecule has 9 heteroatoms. The smallest absolute Gasteiger partial charge is 0.330 e. The fraction of sp³-hybridized carbons (Fsp3) is 0.636. The summed E-state index contributed by atoms with van der Waals surface area (Å²) in [7, 11) is 0. The van der Waals surface area contributed by atoms with Crippen LogP contribution in [0.15, 0.2) is 21.9 Å². The molecular formula is C11H12F2N2O5. The predicted octanol–water partition coefficient (Wildman–Crippen LogP) is -1.19. The van der Waals surface area contributed by atoms with Gasteiger partial charge in [-0.25, -0.2) is 13.6 Å². The Hall–Kier alpha value is -1.58. The van der Waals surface area contributed by atoms with E-state index >= 15 is 0 Å². The Bertz CT molecular complexity index is 657. The van der Waals surface area contributed by atoms with Gasteiger partial charge in [-0.05, 0) is 0 Å². The van der Waals surface area contributed by atoms with Crippen LogP contribution in [0.3, 0.4) is 0 Å². The lowest BCUT2D eigenvalue weighted by molar-refractivity contribution is -0.0596. The molecule has 20 heavy (non-hydrogen) atoms. The summed E-state index contributed by atoms with van der Waals surface area (Å²) in [5.74, 6) is -3.20. The molecule has 1 aliphatic carbocycles. The molecule has 0 radical (unpaired) electrons. The topological polar surface area (TPSA) is 105 Å². The molecule has 1 aromatic rings. The minimum atomic E-state index is -3.20. The van der Waals surface area contributed by atoms with E-state index in [0.717, 1.165) is 16.8 Å². The van der Waals surface area contributed by atoms with Crippen LogP contribution < -0.4 is 11.2 Å². The summed E-state index contributed by atoms with van der Waals surface area (Å²) in [5, 5.41) is 19.0. The number of rotatable bonds is 2. The molecule has 3 N–H and O–H groups in total. The number of nitrogens with one attached hydrogen (secondary N) is 1. The van der Waals surface area contributed by atoms with E-state index in [4.69, 9.17) is 9.84 Å². The van der Waals surface area contributed by atoms with Crippen molar-refractivity contribution in [1.29, 1.82) is 0 Å². The number of aliphatic hydroxyl groups is 2. The fourth-order valence-electron chi connectivity index (χ4n) is 2.82. The summed E-state index contributed by atoms with van der Waals surface area (Å²) >= 11 is 0. The molecule has 1 saturated heterocycles. The number of aliphatic hydroxyl groups excluding tert-OH is 2. The lowest BCUT2D eigenvalue weighted by Crippen LogP contribution is -2.38. The van der Waals surface area contributed by atoms with Crippen LogP contribution in [0.5, 0.6) is 0 Å². The first kappa shape index (κ1) is 13.4. The van der Waals surface area contributed by atoms with Crippen LogP contribution in [-0.4, -0.2) is 44.5 Å². The van der Waals surface area contributed by atoms with Crippen LogP contribution in [0.1, 0.15) is 12.6 Å². The van der Waals surface area contributed by atoms with Gasteiger partial charge in [-0.15, -0.1) is 0 Å². The van der Waals surface area contributed by atoms with E-state index in [2.05, 4.69) is 0 Å². The molecule has 3 rings (SSSR count). The molecule has 0 amide bonds. The predicted molar refractivity (Wildman–Crippen MR) is 60.3 cm³/mol. The first-order chi connectivity index (χ1) is 9.33. The zero-order chi connectivity index (χ0) is 14.7. The molecule has 1 aliphatic heterocycles. The van der Waals surface area contributed by atoms with Crippen LogP contribution in [0.4, 0.5) is 8.78 Å². The van der Waals surface area contributed by atoms with Crippen LogP contribution in [0, 0.1) is 5.41 Å². The summed E-state index contributed by atoms with van der Waals surface area (Å²) in [4.78, 5) is 24.6. The van der Waals surface area contributed by atoms with E-state index in [-0.39, 0.29) is 0 Å². The van der Waals surface area contributed by atoms with Gasteiger partial charge in [0.1, 0.15) is 11.5 Å². The Kier molecular flexibility index (Phi) is 2.66. The van der Waals surface area contributed by atoms with Gasteiger partial charge in [0.2, 0.25) is 0 Å². The number of aromatic amines is 1. The number of halogens is 2. The molecular weight excluding hydrogens is 278 g/mol. The highest BCUT2D eigenvalue weighted by Gasteiger charge is 2.83. The van der Waals surface area contributed by atoms with Crippen LogP contribution >= 0.6 is 0 Å². The zero-order valence-electron chi connectivity index (χ0n) is 10.1. The summed E-state index contributed by atoms with van der Waals surface area (Å²) in [6.45, 7) is -0.645. The molecule has 1 saturated carbocycles. The summed E-state index contributed by atoms with van der Waals surface area (Å²) < 4.78 is 33.4. The fourth-order valence-corrected chi connectivity index (χ4v) is 2.82. The molecule has 110 valence electrons. The van der Waals surface area contributed by atoms with Crippen LogP contribution in [0.2, 0.25) is 0 Å². The Morgan fingerprint density at radius 2 is 2.15 bits per heavy atom. The third-order valence-electron chi connectivity index (χ3n) is 3.98. The molecule has 2 fully saturated rings. The van der Waals surface area contributed by atoms with Crippen molar-refractivity contribution in [3.05, 3.63) is 33.1 Å². The summed E-state index contributed by atoms with van der Waals surface area (Å²) in [6.07, 6.45) is -3.84. The Balaban J connectivity index is 2.09. The number of hydrogen-bond acceptors (Lipinski definition) is 5. The van der Waals surface area contributed by atoms with Crippen molar-refractivity contribution in [3.63, 3.8) is 0 Å². The molecule has 7 nitrogen and oxygen atoms in total. The van der Waals surface area contributed by atoms with Crippen LogP contribution in [0.25, 0.3) is 0 Å². The highest BCUT2D eigenvalue weighted by Crippen LogP contribution is 2.71. The van der Waals surface area contributed by atoms with Crippen molar-refractivity contribution in [2.24, 2.45) is 5.41 Å². The van der Waals surface area contributed by atoms with E-state index in [9.17, 15) is 23.5 Å². The van der Waals surface area contributed by atoms with Gasteiger partial charge in [0, 0.05) is 18.7 Å². The second kappa shape index (κ2) is 3.96. The van der Waals surface area contributed by atoms with Gasteiger partial charge in [0.05, 0.1) is 12.7 Å². The first-order valence-corrected chi connectivity index (χ1v) is 5.97. The highest BCUT2D eigenvalue weighted by atomic mass is 19.3. The largest absolute Gasteiger partial charge is 0.394 e. The minimum Gasteiger partial charge on any atom is -0.394 e. The van der Waals surface area contributed by atoms with Gasteiger partial charge in [0.25, 0.3) is 11.5 Å². The van der Waals surface area contributed by atoms with Crippen molar-refractivity contribution in [3.8, 4) is 0 Å². The average molecular weight is 290 g/mol. The second-order valence-corrected chi connectivity index (χ2v) is 5.09. The minimum absolute atomic E-state index is 0.645. The number of aromatic nitrogens is 2. The molecule has 2 aliphatic rings. The molecule has 2 heterocycles. The van der Waals surface area contributed by atoms with E-state index in [1.807, 2.05) is 4.98 Å². The van der Waals surface area contributed by atoms with E-state index in [1.54, 1.807) is 0 Å². The molecule has 1 aromatic heterocycles. The molecule has 4 atom stereocenters. The summed E-state index contributed by atoms with van der Waals surface area (Å²) in [6, 6.07) is 0.998. The number of ether oxygens (including phenoxy) is 1. The zero-order valence-corrected chi connectivity index (χ0v) is 10.1. The Morgan fingerprint density at radius 3 is 2.65 bits per heavy atom. The first-order valence-electron chi connectivity index (χ1n) is 5.97. The molecule has 0 aromatic carbocycles. The Morgan fingerprint density at radius 1 is 1.50 bits per heavy atom. The van der Waals surface area contributed by atoms with Gasteiger partial charge in [-0.2, -0.15) is 0 Å². The van der Waals surface area contributed by atoms with E-state index in [0.29, 0.717) is 0 Å². The normalized spacial score (nSPS) is 38.3. The monoisotopic (exact) mass is 290 g/mol. The van der Waals surface area contributed by atoms with Gasteiger partial charge in [0.15, 0.2) is 6.23 Å². The van der Waals surface area contributed by atoms with Crippen molar-refractivity contribution >= 4 is 0 Å². The molecule has 1 unspecified atom stereocenters. The number of nitrogens with zero attached hydrogens (tertiary/aromatic N) is 1. The molecule has 0 bridgehead atoms. The maximum Gasteiger partial charge on any atom is 0.330 e. The van der Waals surface area contributed by atoms with Gasteiger partial charge >= 0.3 is 5.69 Å². The van der Waals surface area contributed by atoms with Gasteiger partial charge in [-0.1, -0.05) is 0 Å². The van der Waals surface area contributed by atoms with Gasteiger partial charge in [-0.3, -0.25) is 14.3 Å². The van der Waals surface area contributed by atoms with E-state index in [1.165, 1.54) is 0 Å². The lowest BCUT2D eigenvalue weighted by Gasteiger charge is -2.21. The second-order valence-electron chi connectivity index (χ2n) is 5.09. The SMILES string of the molecule is O=c1ccn([C@@H]2O[C@H](CO)C(O)[C@@]23CC3(F)F)c(=O)[nH]1. The average Bonchev–Trinajstić information content (AvgIpc) is 2.84. The number of hydrogen-bond donors (Lipinski definition) is 3. The standard InChI is InChI=1S/C11H12F2N2O5/c12-11(13)4-10(11)7(18)5(3-16)20-8(10)15-2-1-6(17)14-9(15)19/h1-2,5,7-8,16,18H,3-4H2,(H,14,17,19)/t5-,7?,8-,10+/m1/s1. The third-order valence-corrected chi connectivity index (χ3v) is 3.98. The highest BCUT2D eigenvalue weighted by molar-refractivity contribution is 5.21.